The number of piperazine rings is 1. The Hall–Kier alpha value is -3.15. The van der Waals surface area contributed by atoms with Gasteiger partial charge in [-0.25, -0.2) is 4.39 Å². The van der Waals surface area contributed by atoms with Crippen molar-refractivity contribution in [2.24, 2.45) is 0 Å². The Bertz CT molecular complexity index is 891. The lowest BCUT2D eigenvalue weighted by Crippen LogP contribution is -2.50. The van der Waals surface area contributed by atoms with E-state index in [0.717, 1.165) is 12.8 Å². The maximum absolute atomic E-state index is 13.7. The molecule has 0 atom stereocenters. The highest BCUT2D eigenvalue weighted by Gasteiger charge is 2.22. The van der Waals surface area contributed by atoms with E-state index >= 15 is 0 Å². The SMILES string of the molecule is COc1ccc(/C=C/C(=O)N2CCN(C(=O)CCCc3ccccc3)CC2)cc1F. The minimum atomic E-state index is -0.466. The van der Waals surface area contributed by atoms with Gasteiger partial charge in [-0.3, -0.25) is 9.59 Å². The van der Waals surface area contributed by atoms with E-state index in [1.165, 1.54) is 30.9 Å². The van der Waals surface area contributed by atoms with Crippen molar-refractivity contribution in [3.05, 3.63) is 71.6 Å². The Morgan fingerprint density at radius 3 is 2.40 bits per heavy atom. The maximum atomic E-state index is 13.7. The number of rotatable bonds is 7. The van der Waals surface area contributed by atoms with Crippen molar-refractivity contribution in [1.29, 1.82) is 0 Å². The molecular weight excluding hydrogens is 383 g/mol. The van der Waals surface area contributed by atoms with E-state index in [9.17, 15) is 14.0 Å². The van der Waals surface area contributed by atoms with Crippen molar-refractivity contribution in [3.8, 4) is 5.75 Å². The van der Waals surface area contributed by atoms with Crippen LogP contribution in [0, 0.1) is 5.82 Å². The Labute approximate surface area is 176 Å². The summed E-state index contributed by atoms with van der Waals surface area (Å²) in [6, 6.07) is 14.7. The molecule has 2 aromatic carbocycles. The molecule has 1 saturated heterocycles. The van der Waals surface area contributed by atoms with E-state index in [-0.39, 0.29) is 17.6 Å². The van der Waals surface area contributed by atoms with Crippen LogP contribution >= 0.6 is 0 Å². The van der Waals surface area contributed by atoms with E-state index < -0.39 is 5.82 Å². The third kappa shape index (κ3) is 5.92. The van der Waals surface area contributed by atoms with Crippen LogP contribution in [0.4, 0.5) is 4.39 Å². The molecule has 1 heterocycles. The number of carbonyl (C=O) groups is 2. The summed E-state index contributed by atoms with van der Waals surface area (Å²) in [6.45, 7) is 2.09. The standard InChI is InChI=1S/C24H27FN2O3/c1-30-22-12-10-20(18-21(22)25)11-13-24(29)27-16-14-26(15-17-27)23(28)9-5-8-19-6-3-2-4-7-19/h2-4,6-7,10-13,18H,5,8-9,14-17H2,1H3/b13-11+. The van der Waals surface area contributed by atoms with Gasteiger partial charge in [0, 0.05) is 38.7 Å². The monoisotopic (exact) mass is 410 g/mol. The maximum Gasteiger partial charge on any atom is 0.246 e. The van der Waals surface area contributed by atoms with Crippen LogP contribution in [-0.2, 0) is 16.0 Å². The lowest BCUT2D eigenvalue weighted by Gasteiger charge is -2.34. The number of hydrogen-bond acceptors (Lipinski definition) is 3. The van der Waals surface area contributed by atoms with Crippen molar-refractivity contribution in [1.82, 2.24) is 9.80 Å². The molecule has 158 valence electrons. The number of benzene rings is 2. The predicted octanol–water partition coefficient (Wildman–Crippen LogP) is 3.54. The summed E-state index contributed by atoms with van der Waals surface area (Å²) >= 11 is 0. The van der Waals surface area contributed by atoms with Gasteiger partial charge < -0.3 is 14.5 Å². The lowest BCUT2D eigenvalue weighted by atomic mass is 10.1. The second-order valence-corrected chi connectivity index (χ2v) is 7.27. The van der Waals surface area contributed by atoms with Crippen molar-refractivity contribution in [2.75, 3.05) is 33.3 Å². The third-order valence-corrected chi connectivity index (χ3v) is 5.24. The number of methoxy groups -OCH3 is 1. The first-order chi connectivity index (χ1) is 14.6. The quantitative estimate of drug-likeness (QED) is 0.656. The molecule has 0 radical (unpaired) electrons. The molecule has 6 heteroatoms. The fourth-order valence-electron chi connectivity index (χ4n) is 3.48. The molecule has 2 amide bonds. The molecule has 1 fully saturated rings. The average Bonchev–Trinajstić information content (AvgIpc) is 2.78. The molecule has 3 rings (SSSR count). The molecule has 5 nitrogen and oxygen atoms in total. The fourth-order valence-corrected chi connectivity index (χ4v) is 3.48. The summed E-state index contributed by atoms with van der Waals surface area (Å²) in [5.74, 6) is -0.292. The topological polar surface area (TPSA) is 49.9 Å². The van der Waals surface area contributed by atoms with Gasteiger partial charge in [0.05, 0.1) is 7.11 Å². The molecule has 0 saturated carbocycles. The van der Waals surface area contributed by atoms with E-state index in [1.54, 1.807) is 17.0 Å². The van der Waals surface area contributed by atoms with Crippen LogP contribution < -0.4 is 4.74 Å². The van der Waals surface area contributed by atoms with Gasteiger partial charge in [-0.1, -0.05) is 36.4 Å². The zero-order valence-corrected chi connectivity index (χ0v) is 17.2. The zero-order chi connectivity index (χ0) is 21.3. The van der Waals surface area contributed by atoms with Crippen molar-refractivity contribution >= 4 is 17.9 Å². The van der Waals surface area contributed by atoms with E-state index in [1.807, 2.05) is 23.1 Å². The van der Waals surface area contributed by atoms with Gasteiger partial charge >= 0.3 is 0 Å². The molecule has 0 spiro atoms. The Kier molecular flexibility index (Phi) is 7.60. The summed E-state index contributed by atoms with van der Waals surface area (Å²) in [4.78, 5) is 28.4. The van der Waals surface area contributed by atoms with Gasteiger partial charge in [0.2, 0.25) is 11.8 Å². The Balaban J connectivity index is 1.42. The minimum Gasteiger partial charge on any atom is -0.494 e. The zero-order valence-electron chi connectivity index (χ0n) is 17.2. The average molecular weight is 410 g/mol. The first kappa shape index (κ1) is 21.6. The molecule has 0 N–H and O–H groups in total. The van der Waals surface area contributed by atoms with E-state index in [0.29, 0.717) is 38.2 Å². The Morgan fingerprint density at radius 1 is 1.03 bits per heavy atom. The molecular formula is C24H27FN2O3. The smallest absolute Gasteiger partial charge is 0.246 e. The number of ether oxygens (including phenoxy) is 1. The number of nitrogens with zero attached hydrogens (tertiary/aromatic N) is 2. The number of amides is 2. The summed E-state index contributed by atoms with van der Waals surface area (Å²) in [6.07, 6.45) is 5.27. The van der Waals surface area contributed by atoms with Gasteiger partial charge in [-0.05, 0) is 42.2 Å². The summed E-state index contributed by atoms with van der Waals surface area (Å²) < 4.78 is 18.6. The number of carbonyl (C=O) groups excluding carboxylic acids is 2. The van der Waals surface area contributed by atoms with Crippen LogP contribution in [0.2, 0.25) is 0 Å². The molecule has 0 aliphatic carbocycles. The fraction of sp³-hybridized carbons (Fsp3) is 0.333. The van der Waals surface area contributed by atoms with Crippen LogP contribution in [-0.4, -0.2) is 54.9 Å². The van der Waals surface area contributed by atoms with E-state index in [2.05, 4.69) is 12.1 Å². The number of hydrogen-bond donors (Lipinski definition) is 0. The van der Waals surface area contributed by atoms with Gasteiger partial charge in [-0.2, -0.15) is 0 Å². The third-order valence-electron chi connectivity index (χ3n) is 5.24. The second-order valence-electron chi connectivity index (χ2n) is 7.27. The summed E-state index contributed by atoms with van der Waals surface area (Å²) in [5, 5.41) is 0. The first-order valence-electron chi connectivity index (χ1n) is 10.2. The van der Waals surface area contributed by atoms with Crippen molar-refractivity contribution in [2.45, 2.75) is 19.3 Å². The highest BCUT2D eigenvalue weighted by atomic mass is 19.1. The molecule has 1 aliphatic rings. The Morgan fingerprint density at radius 2 is 1.73 bits per heavy atom. The van der Waals surface area contributed by atoms with Crippen LogP contribution in [0.5, 0.6) is 5.75 Å². The van der Waals surface area contributed by atoms with Crippen LogP contribution in [0.1, 0.15) is 24.0 Å². The summed E-state index contributed by atoms with van der Waals surface area (Å²) in [7, 11) is 1.41. The highest BCUT2D eigenvalue weighted by Crippen LogP contribution is 2.18. The van der Waals surface area contributed by atoms with Gasteiger partial charge in [0.1, 0.15) is 0 Å². The molecule has 0 unspecified atom stereocenters. The van der Waals surface area contributed by atoms with Crippen molar-refractivity contribution in [3.63, 3.8) is 0 Å². The number of halogens is 1. The highest BCUT2D eigenvalue weighted by molar-refractivity contribution is 5.92. The summed E-state index contributed by atoms with van der Waals surface area (Å²) in [5.41, 5.74) is 1.83. The molecule has 2 aromatic rings. The van der Waals surface area contributed by atoms with Crippen LogP contribution in [0.25, 0.3) is 6.08 Å². The predicted molar refractivity (Wildman–Crippen MR) is 115 cm³/mol. The lowest BCUT2D eigenvalue weighted by molar-refractivity contribution is -0.137. The van der Waals surface area contributed by atoms with Crippen LogP contribution in [0.3, 0.4) is 0 Å². The largest absolute Gasteiger partial charge is 0.494 e. The molecule has 0 bridgehead atoms. The van der Waals surface area contributed by atoms with Gasteiger partial charge in [0.15, 0.2) is 11.6 Å². The molecule has 0 aromatic heterocycles. The first-order valence-corrected chi connectivity index (χ1v) is 10.2. The van der Waals surface area contributed by atoms with Gasteiger partial charge in [0.25, 0.3) is 0 Å². The molecule has 1 aliphatic heterocycles. The second kappa shape index (κ2) is 10.6. The molecule has 30 heavy (non-hydrogen) atoms. The van der Waals surface area contributed by atoms with Crippen molar-refractivity contribution < 1.29 is 18.7 Å². The van der Waals surface area contributed by atoms with Crippen LogP contribution in [0.15, 0.2) is 54.6 Å². The normalized spacial score (nSPS) is 14.2. The minimum absolute atomic E-state index is 0.137. The van der Waals surface area contributed by atoms with Gasteiger partial charge in [-0.15, -0.1) is 0 Å². The van der Waals surface area contributed by atoms with E-state index in [4.69, 9.17) is 4.74 Å². The number of aryl methyl sites for hydroxylation is 1.